The third kappa shape index (κ3) is 33.3. The van der Waals surface area contributed by atoms with Crippen molar-refractivity contribution in [1.29, 1.82) is 0 Å². The maximum Gasteiger partial charge on any atom is 0.311 e. The third-order valence-electron chi connectivity index (χ3n) is 15.8. The van der Waals surface area contributed by atoms with Crippen LogP contribution in [0.15, 0.2) is 188 Å². The SMILES string of the molecule is CN(C)c1ccc(N)cc1.CN(C)c1ccc([N+](=O)[O-])cc1.CO.COc1ccc(C)cc1N.COc1ccc(C)cc1[N+](=O)[O-].Cc1ccc(N)cc1N1CCN(C)CC1.Cc1ccc(O)c([N+](=O)[O-])c1.Cc1ccc([N+](=O)[O-])cc1N1CCN(C)CC1.Cc1ccccc1N.O=[N+]([O-])c1ccc(F)cc1.[HH].[HH].[HH]. The molecule has 0 aromatic heterocycles. The molecule has 0 atom stereocenters. The van der Waals surface area contributed by atoms with Crippen molar-refractivity contribution in [1.82, 2.24) is 9.80 Å². The van der Waals surface area contributed by atoms with Crippen molar-refractivity contribution in [2.45, 2.75) is 41.5 Å². The molecule has 107 heavy (non-hydrogen) atoms. The topological polar surface area (TPSA) is 398 Å². The van der Waals surface area contributed by atoms with Gasteiger partial charge >= 0.3 is 11.4 Å². The normalized spacial score (nSPS) is 11.7. The third-order valence-corrected chi connectivity index (χ3v) is 15.8. The minimum atomic E-state index is -0.609. The Hall–Kier alpha value is -12.4. The first-order valence-corrected chi connectivity index (χ1v) is 33.3. The Morgan fingerprint density at radius 3 is 1.18 bits per heavy atom. The molecular weight excluding hydrogens is 1380 g/mol. The summed E-state index contributed by atoms with van der Waals surface area (Å²) >= 11 is 0. The van der Waals surface area contributed by atoms with E-state index in [0.717, 1.165) is 146 Å². The van der Waals surface area contributed by atoms with Gasteiger partial charge in [0.2, 0.25) is 0 Å². The van der Waals surface area contributed by atoms with Crippen LogP contribution in [0.2, 0.25) is 0 Å². The molecule has 0 unspecified atom stereocenters. The van der Waals surface area contributed by atoms with Crippen LogP contribution in [0.1, 0.15) is 37.7 Å². The van der Waals surface area contributed by atoms with E-state index < -0.39 is 25.5 Å². The van der Waals surface area contributed by atoms with Gasteiger partial charge in [-0.1, -0.05) is 48.5 Å². The standard InChI is InChI=1S/C12H17N3O2.C12H19N3.C8H10N2O2.C8H12N2.C8H9NO3.C8H11NO.C7H7NO3.C7H9N.C6H4FNO2.CH4O.3H2/c1-10-3-4-11(15(16)17)9-12(10)14-7-5-13(2)6-8-14;1-10-3-4-11(13)9-12(10)15-7-5-14(2)6-8-15;1-9(2)7-3-5-8(6-4-7)10(11)12;1-10(2)8-5-3-7(9)4-6-8;1-6-3-4-8(12-2)7(5-6)9(10)11;1-6-3-4-8(10-2)7(9)5-6;1-5-2-3-7(9)6(4-5)8(10)11;1-6-4-2-3-5-7(6)8;7-5-1-3-6(4-2-5)8(9)10;1-2;;;/h3-4,9H,5-8H2,1-2H3;3-4,9H,5-8,13H2,1-2H3;3-6H,1-2H3;3-6H,9H2,1-2H3;3-5H,1-2H3;3-5H,9H2,1-2H3;2-4,9H,1H3;2-5H,8H2,1H3;1-4H;2H,1H3;3*1H. The molecule has 2 aliphatic rings. The number of ether oxygens (including phenoxy) is 2. The Morgan fingerprint density at radius 1 is 0.411 bits per heavy atom. The molecule has 0 spiro atoms. The molecule has 10 N–H and O–H groups in total. The van der Waals surface area contributed by atoms with Crippen LogP contribution >= 0.6 is 0 Å². The fraction of sp³-hybridized carbons (Fsp3) is 0.299. The van der Waals surface area contributed by atoms with Crippen LogP contribution in [-0.2, 0) is 0 Å². The van der Waals surface area contributed by atoms with Gasteiger partial charge in [0.05, 0.1) is 44.5 Å². The first kappa shape index (κ1) is 90.7. The number of nitro groups is 5. The van der Waals surface area contributed by atoms with Gasteiger partial charge in [-0.15, -0.1) is 0 Å². The highest BCUT2D eigenvalue weighted by atomic mass is 19.1. The first-order valence-electron chi connectivity index (χ1n) is 33.3. The average molecular weight is 1490 g/mol. The average Bonchev–Trinajstić information content (AvgIpc) is 0.831. The van der Waals surface area contributed by atoms with E-state index in [1.165, 1.54) is 54.4 Å². The quantitative estimate of drug-likeness (QED) is 0.0398. The number of likely N-dealkylation sites (N-methyl/N-ethyl adjacent to an activating group) is 2. The van der Waals surface area contributed by atoms with Crippen molar-refractivity contribution in [3.63, 3.8) is 0 Å². The van der Waals surface area contributed by atoms with Gasteiger partial charge in [-0.3, -0.25) is 50.6 Å². The second-order valence-corrected chi connectivity index (χ2v) is 24.5. The number of para-hydroxylation sites is 1. The molecule has 9 aromatic carbocycles. The van der Waals surface area contributed by atoms with Crippen molar-refractivity contribution in [2.75, 3.05) is 159 Å². The Balaban J connectivity index is 0. The number of nitrogens with zero attached hydrogens (tertiary/aromatic N) is 11. The predicted molar refractivity (Wildman–Crippen MR) is 435 cm³/mol. The number of methoxy groups -OCH3 is 2. The van der Waals surface area contributed by atoms with E-state index in [1.54, 1.807) is 63.4 Å². The zero-order valence-electron chi connectivity index (χ0n) is 63.5. The molecule has 11 rings (SSSR count). The molecule has 2 heterocycles. The van der Waals surface area contributed by atoms with Crippen molar-refractivity contribution in [3.8, 4) is 17.2 Å². The Bertz CT molecular complexity index is 4220. The number of benzene rings is 9. The number of aromatic hydroxyl groups is 1. The number of rotatable bonds is 11. The molecule has 9 aromatic rings. The molecule has 0 bridgehead atoms. The predicted octanol–water partition coefficient (Wildman–Crippen LogP) is 14.7. The largest absolute Gasteiger partial charge is 0.502 e. The first-order chi connectivity index (χ1) is 50.5. The molecule has 2 saturated heterocycles. The fourth-order valence-corrected chi connectivity index (χ4v) is 9.48. The van der Waals surface area contributed by atoms with Crippen LogP contribution in [0.3, 0.4) is 0 Å². The number of aliphatic hydroxyl groups excluding tert-OH is 1. The molecule has 2 fully saturated rings. The number of aliphatic hydroxyl groups is 1. The van der Waals surface area contributed by atoms with E-state index in [9.17, 15) is 55.0 Å². The summed E-state index contributed by atoms with van der Waals surface area (Å²) < 4.78 is 21.9. The smallest absolute Gasteiger partial charge is 0.311 e. The minimum absolute atomic E-state index is 0. The van der Waals surface area contributed by atoms with Crippen molar-refractivity contribution in [2.24, 2.45) is 0 Å². The van der Waals surface area contributed by atoms with Crippen LogP contribution < -0.4 is 52.0 Å². The summed E-state index contributed by atoms with van der Waals surface area (Å²) in [5.41, 5.74) is 36.4. The van der Waals surface area contributed by atoms with Crippen LogP contribution in [0.5, 0.6) is 17.2 Å². The second kappa shape index (κ2) is 47.0. The number of non-ortho nitro benzene ring substituents is 3. The summed E-state index contributed by atoms with van der Waals surface area (Å²) in [7, 11) is 16.1. The highest BCUT2D eigenvalue weighted by Gasteiger charge is 2.20. The van der Waals surface area contributed by atoms with Gasteiger partial charge in [-0.2, -0.15) is 0 Å². The van der Waals surface area contributed by atoms with Gasteiger partial charge in [-0.25, -0.2) is 4.39 Å². The molecule has 0 radical (unpaired) electrons. The maximum atomic E-state index is 12.1. The zero-order chi connectivity index (χ0) is 80.6. The van der Waals surface area contributed by atoms with Crippen molar-refractivity contribution in [3.05, 3.63) is 278 Å². The van der Waals surface area contributed by atoms with Crippen LogP contribution in [-0.4, -0.2) is 161 Å². The maximum absolute atomic E-state index is 12.1. The van der Waals surface area contributed by atoms with E-state index in [-0.39, 0.29) is 43.4 Å². The molecule has 30 heteroatoms. The number of hydrogen-bond donors (Lipinski definition) is 6. The van der Waals surface area contributed by atoms with E-state index in [1.807, 2.05) is 138 Å². The minimum Gasteiger partial charge on any atom is -0.502 e. The number of anilines is 8. The van der Waals surface area contributed by atoms with Gasteiger partial charge < -0.3 is 72.0 Å². The summed E-state index contributed by atoms with van der Waals surface area (Å²) in [6.07, 6.45) is 0. The molecular formula is C77H108FN15O14. The second-order valence-electron chi connectivity index (χ2n) is 24.5. The molecule has 2 aliphatic heterocycles. The summed E-state index contributed by atoms with van der Waals surface area (Å²) in [5, 5.41) is 67.7. The van der Waals surface area contributed by atoms with E-state index >= 15 is 0 Å². The van der Waals surface area contributed by atoms with Gasteiger partial charge in [0.25, 0.3) is 17.1 Å². The van der Waals surface area contributed by atoms with Crippen LogP contribution in [0.4, 0.5) is 78.3 Å². The molecule has 582 valence electrons. The lowest BCUT2D eigenvalue weighted by Gasteiger charge is -2.35. The van der Waals surface area contributed by atoms with E-state index in [2.05, 4.69) is 52.8 Å². The summed E-state index contributed by atoms with van der Waals surface area (Å²) in [6.45, 7) is 20.0. The molecule has 0 aliphatic carbocycles. The number of nitrogens with two attached hydrogens (primary N) is 4. The molecule has 0 saturated carbocycles. The molecule has 29 nitrogen and oxygen atoms in total. The Morgan fingerprint density at radius 2 is 0.785 bits per heavy atom. The van der Waals surface area contributed by atoms with E-state index in [4.69, 9.17) is 42.6 Å². The highest BCUT2D eigenvalue weighted by molar-refractivity contribution is 5.62. The number of aryl methyl sites for hydroxylation is 6. The summed E-state index contributed by atoms with van der Waals surface area (Å²) in [4.78, 5) is 62.6. The number of hydrogen-bond acceptors (Lipinski definition) is 24. The van der Waals surface area contributed by atoms with Gasteiger partial charge in [-0.05, 0) is 180 Å². The number of piperazine rings is 2. The van der Waals surface area contributed by atoms with Gasteiger partial charge in [0.15, 0.2) is 11.5 Å². The van der Waals surface area contributed by atoms with Crippen LogP contribution in [0, 0.1) is 97.9 Å². The number of phenolic OH excluding ortho intramolecular Hbond substituents is 1. The van der Waals surface area contributed by atoms with Crippen LogP contribution in [0.25, 0.3) is 0 Å². The Labute approximate surface area is 629 Å². The van der Waals surface area contributed by atoms with Crippen molar-refractivity contribution < 1.29 is 53.0 Å². The fourth-order valence-electron chi connectivity index (χ4n) is 9.48. The number of nitrogen functional groups attached to an aromatic ring is 4. The zero-order valence-corrected chi connectivity index (χ0v) is 63.5. The van der Waals surface area contributed by atoms with E-state index in [0.29, 0.717) is 11.4 Å². The Kier molecular flexibility index (Phi) is 39.9. The van der Waals surface area contributed by atoms with Crippen molar-refractivity contribution >= 4 is 73.9 Å². The number of phenols is 1. The number of halogens is 1. The summed E-state index contributed by atoms with van der Waals surface area (Å²) in [5.74, 6) is 0.280. The lowest BCUT2D eigenvalue weighted by molar-refractivity contribution is -0.386. The lowest BCUT2D eigenvalue weighted by atomic mass is 10.1. The lowest BCUT2D eigenvalue weighted by Crippen LogP contribution is -2.44. The number of nitro benzene ring substituents is 5. The van der Waals surface area contributed by atoms with Gasteiger partial charge in [0.1, 0.15) is 11.6 Å². The van der Waals surface area contributed by atoms with Gasteiger partial charge in [0, 0.05) is 180 Å². The summed E-state index contributed by atoms with van der Waals surface area (Å²) in [6, 6.07) is 52.4. The molecule has 0 amide bonds. The monoisotopic (exact) mass is 1490 g/mol. The highest BCUT2D eigenvalue weighted by Crippen LogP contribution is 2.30.